The summed E-state index contributed by atoms with van der Waals surface area (Å²) < 4.78 is 38.3. The van der Waals surface area contributed by atoms with Crippen molar-refractivity contribution in [2.24, 2.45) is 0 Å². The number of fused-ring (bicyclic) bond motifs is 1. The Bertz CT molecular complexity index is 970. The van der Waals surface area contributed by atoms with Crippen LogP contribution in [0.4, 0.5) is 0 Å². The maximum Gasteiger partial charge on any atom is 0.508 e. The van der Waals surface area contributed by atoms with Gasteiger partial charge in [-0.3, -0.25) is 4.52 Å². The fourth-order valence-corrected chi connectivity index (χ4v) is 5.16. The molecule has 0 aliphatic rings. The molecule has 2 aromatic rings. The van der Waals surface area contributed by atoms with Gasteiger partial charge in [-0.1, -0.05) is 119 Å². The van der Waals surface area contributed by atoms with Crippen LogP contribution >= 0.6 is 7.82 Å². The second-order valence-electron chi connectivity index (χ2n) is 10.3. The van der Waals surface area contributed by atoms with Gasteiger partial charge in [0.15, 0.2) is 5.75 Å². The molecule has 1 unspecified atom stereocenters. The number of hydrogen-bond donors (Lipinski definition) is 1. The van der Waals surface area contributed by atoms with Crippen molar-refractivity contribution in [1.29, 1.82) is 0 Å². The van der Waals surface area contributed by atoms with Crippen LogP contribution in [0.5, 0.6) is 5.75 Å². The van der Waals surface area contributed by atoms with Crippen LogP contribution in [0.3, 0.4) is 0 Å². The highest BCUT2D eigenvalue weighted by Crippen LogP contribution is 2.44. The Morgan fingerprint density at radius 3 is 1.85 bits per heavy atom. The van der Waals surface area contributed by atoms with Gasteiger partial charge in [0.05, 0.1) is 39.6 Å². The summed E-state index contributed by atoms with van der Waals surface area (Å²) in [5.41, 5.74) is 0.948. The molecule has 0 saturated carbocycles. The zero-order chi connectivity index (χ0) is 29.4. The molecule has 1 atom stereocenters. The minimum Gasteiger partial charge on any atom is -0.379 e. The van der Waals surface area contributed by atoms with E-state index in [-0.39, 0.29) is 13.2 Å². The maximum absolute atomic E-state index is 12.4. The highest BCUT2D eigenvalue weighted by molar-refractivity contribution is 7.47. The summed E-state index contributed by atoms with van der Waals surface area (Å²) in [7, 11) is -4.44. The van der Waals surface area contributed by atoms with Crippen molar-refractivity contribution in [2.75, 3.05) is 46.2 Å². The molecule has 0 aliphatic heterocycles. The molecule has 0 bridgehead atoms. The summed E-state index contributed by atoms with van der Waals surface area (Å²) in [5.74, 6) is 0.462. The van der Waals surface area contributed by atoms with E-state index in [1.54, 1.807) is 0 Å². The monoisotopic (exact) mass is 596 g/mol. The van der Waals surface area contributed by atoms with Crippen molar-refractivity contribution in [2.45, 2.75) is 97.3 Å². The SMILES string of the molecule is CCCCCCCCCCCCCCc1ccc2ccccc2c1OOP(=O)(O)OCCOCCOCCOCC. The van der Waals surface area contributed by atoms with Crippen molar-refractivity contribution in [3.05, 3.63) is 42.0 Å². The fraction of sp³-hybridized carbons (Fsp3) is 0.688. The van der Waals surface area contributed by atoms with E-state index in [1.807, 2.05) is 43.3 Å². The van der Waals surface area contributed by atoms with Gasteiger partial charge in [-0.05, 0) is 30.7 Å². The predicted molar refractivity (Wildman–Crippen MR) is 164 cm³/mol. The van der Waals surface area contributed by atoms with Crippen LogP contribution in [0.1, 0.15) is 96.5 Å². The van der Waals surface area contributed by atoms with Gasteiger partial charge in [0.2, 0.25) is 0 Å². The van der Waals surface area contributed by atoms with Crippen LogP contribution in [-0.2, 0) is 34.4 Å². The Labute approximate surface area is 247 Å². The third-order valence-electron chi connectivity index (χ3n) is 6.91. The molecule has 0 fully saturated rings. The van der Waals surface area contributed by atoms with E-state index >= 15 is 0 Å². The van der Waals surface area contributed by atoms with Crippen molar-refractivity contribution in [3.63, 3.8) is 0 Å². The lowest BCUT2D eigenvalue weighted by Crippen LogP contribution is -2.12. The lowest BCUT2D eigenvalue weighted by molar-refractivity contribution is -0.128. The van der Waals surface area contributed by atoms with Crippen molar-refractivity contribution in [1.82, 2.24) is 0 Å². The summed E-state index contributed by atoms with van der Waals surface area (Å²) in [6, 6.07) is 11.8. The summed E-state index contributed by atoms with van der Waals surface area (Å²) in [6.45, 7) is 6.66. The van der Waals surface area contributed by atoms with Crippen molar-refractivity contribution < 1.29 is 37.8 Å². The molecule has 0 saturated heterocycles. The van der Waals surface area contributed by atoms with Crippen LogP contribution in [0, 0.1) is 0 Å². The van der Waals surface area contributed by atoms with Gasteiger partial charge in [-0.2, -0.15) is 0 Å². The molecule has 0 aromatic heterocycles. The average Bonchev–Trinajstić information content (AvgIpc) is 2.97. The minimum absolute atomic E-state index is 0.114. The minimum atomic E-state index is -4.44. The average molecular weight is 597 g/mol. The Hall–Kier alpha value is -1.51. The zero-order valence-electron chi connectivity index (χ0n) is 25.4. The molecule has 1 N–H and O–H groups in total. The molecule has 2 rings (SSSR count). The number of unbranched alkanes of at least 4 members (excludes halogenated alkanes) is 11. The van der Waals surface area contributed by atoms with E-state index in [4.69, 9.17) is 28.3 Å². The molecule has 0 radical (unpaired) electrons. The van der Waals surface area contributed by atoms with E-state index in [9.17, 15) is 9.46 Å². The smallest absolute Gasteiger partial charge is 0.379 e. The van der Waals surface area contributed by atoms with Crippen LogP contribution in [0.2, 0.25) is 0 Å². The molecule has 41 heavy (non-hydrogen) atoms. The number of hydrogen-bond acceptors (Lipinski definition) is 7. The second kappa shape index (κ2) is 23.0. The van der Waals surface area contributed by atoms with Crippen LogP contribution in [0.25, 0.3) is 10.8 Å². The molecule has 8 nitrogen and oxygen atoms in total. The molecule has 0 heterocycles. The van der Waals surface area contributed by atoms with Crippen LogP contribution in [-0.4, -0.2) is 51.1 Å². The first-order valence-corrected chi connectivity index (χ1v) is 17.1. The summed E-state index contributed by atoms with van der Waals surface area (Å²) in [5, 5.41) is 1.80. The number of aryl methyl sites for hydroxylation is 1. The molecule has 234 valence electrons. The summed E-state index contributed by atoms with van der Waals surface area (Å²) in [4.78, 5) is 15.6. The number of phosphoric ester groups is 1. The predicted octanol–water partition coefficient (Wildman–Crippen LogP) is 8.58. The molecule has 0 spiro atoms. The molecule has 2 aromatic carbocycles. The highest BCUT2D eigenvalue weighted by Gasteiger charge is 2.25. The van der Waals surface area contributed by atoms with Crippen LogP contribution < -0.4 is 4.89 Å². The van der Waals surface area contributed by atoms with Gasteiger partial charge in [0.25, 0.3) is 0 Å². The lowest BCUT2D eigenvalue weighted by Gasteiger charge is -2.15. The normalized spacial score (nSPS) is 13.0. The largest absolute Gasteiger partial charge is 0.508 e. The topological polar surface area (TPSA) is 92.7 Å². The molecular formula is C32H53O8P. The highest BCUT2D eigenvalue weighted by atomic mass is 31.2. The Balaban J connectivity index is 1.71. The number of benzene rings is 2. The van der Waals surface area contributed by atoms with Gasteiger partial charge in [-0.25, -0.2) is 4.57 Å². The third-order valence-corrected chi connectivity index (χ3v) is 7.68. The van der Waals surface area contributed by atoms with Crippen LogP contribution in [0.15, 0.2) is 36.4 Å². The fourth-order valence-electron chi connectivity index (χ4n) is 4.64. The van der Waals surface area contributed by atoms with E-state index in [0.29, 0.717) is 38.8 Å². The first kappa shape index (κ1) is 35.7. The van der Waals surface area contributed by atoms with Gasteiger partial charge in [-0.15, -0.1) is 0 Å². The quantitative estimate of drug-likeness (QED) is 0.0474. The van der Waals surface area contributed by atoms with Crippen molar-refractivity contribution in [3.8, 4) is 5.75 Å². The molecule has 0 amide bonds. The number of ether oxygens (including phenoxy) is 3. The molecular weight excluding hydrogens is 543 g/mol. The number of phosphoric acid groups is 1. The lowest BCUT2D eigenvalue weighted by atomic mass is 10.00. The van der Waals surface area contributed by atoms with E-state index in [0.717, 1.165) is 35.6 Å². The summed E-state index contributed by atoms with van der Waals surface area (Å²) >= 11 is 0. The van der Waals surface area contributed by atoms with Gasteiger partial charge >= 0.3 is 7.82 Å². The van der Waals surface area contributed by atoms with Crippen molar-refractivity contribution >= 4 is 18.6 Å². The third kappa shape index (κ3) is 16.6. The standard InChI is InChI=1S/C32H53O8P/c1-3-5-6-7-8-9-10-11-12-13-14-15-19-30-22-21-29-18-16-17-20-31(29)32(30)39-40-41(33,34)38-28-27-37-26-25-36-24-23-35-4-2/h16-18,20-22H,3-15,19,23-28H2,1-2H3,(H,33,34). The van der Waals surface area contributed by atoms with E-state index in [1.165, 1.54) is 64.2 Å². The van der Waals surface area contributed by atoms with E-state index in [2.05, 4.69) is 6.92 Å². The Morgan fingerprint density at radius 1 is 0.659 bits per heavy atom. The molecule has 0 aliphatic carbocycles. The zero-order valence-corrected chi connectivity index (χ0v) is 26.3. The van der Waals surface area contributed by atoms with E-state index < -0.39 is 7.82 Å². The number of rotatable bonds is 27. The Kier molecular flexibility index (Phi) is 20.0. The summed E-state index contributed by atoms with van der Waals surface area (Å²) in [6.07, 6.45) is 16.3. The second-order valence-corrected chi connectivity index (χ2v) is 11.6. The Morgan fingerprint density at radius 2 is 1.22 bits per heavy atom. The van der Waals surface area contributed by atoms with Gasteiger partial charge in [0, 0.05) is 12.0 Å². The molecule has 9 heteroatoms. The first-order valence-electron chi connectivity index (χ1n) is 15.6. The van der Waals surface area contributed by atoms with Gasteiger partial charge < -0.3 is 24.0 Å². The van der Waals surface area contributed by atoms with Gasteiger partial charge in [0.1, 0.15) is 0 Å². The maximum atomic E-state index is 12.4. The first-order chi connectivity index (χ1) is 20.1.